The second kappa shape index (κ2) is 28.1. The number of hydrogen-bond donors (Lipinski definition) is 4. The van der Waals surface area contributed by atoms with E-state index in [9.17, 15) is 15.3 Å². The summed E-state index contributed by atoms with van der Waals surface area (Å²) in [6.45, 7) is 20.5. The Bertz CT molecular complexity index is 1110. The summed E-state index contributed by atoms with van der Waals surface area (Å²) in [7, 11) is -7.74. The van der Waals surface area contributed by atoms with Gasteiger partial charge in [-0.25, -0.2) is 0 Å². The number of rotatable bonds is 34. The molecule has 0 amide bonds. The molecular weight excluding hydrogens is 765 g/mol. The maximum atomic E-state index is 9.89. The van der Waals surface area contributed by atoms with Crippen molar-refractivity contribution in [2.45, 2.75) is 122 Å². The highest BCUT2D eigenvalue weighted by Crippen LogP contribution is 2.38. The smallest absolute Gasteiger partial charge is 0.341 e. The summed E-state index contributed by atoms with van der Waals surface area (Å²) in [5, 5.41) is 29.5. The van der Waals surface area contributed by atoms with Crippen molar-refractivity contribution in [3.8, 4) is 0 Å². The van der Waals surface area contributed by atoms with Crippen LogP contribution >= 0.6 is 12.6 Å². The molecule has 1 saturated heterocycles. The summed E-state index contributed by atoms with van der Waals surface area (Å²) < 4.78 is 40.7. The van der Waals surface area contributed by atoms with Crippen LogP contribution in [-0.4, -0.2) is 106 Å². The van der Waals surface area contributed by atoms with Crippen LogP contribution in [0.2, 0.25) is 35.8 Å². The number of hydrogen-bond acceptors (Lipinski definition) is 10. The lowest BCUT2D eigenvalue weighted by atomic mass is 10.1. The quantitative estimate of drug-likeness (QED) is 0.0234. The van der Waals surface area contributed by atoms with Gasteiger partial charge in [0.1, 0.15) is 0 Å². The molecule has 1 fully saturated rings. The number of aryl methyl sites for hydroxylation is 1. The largest absolute Gasteiger partial charge is 0.396 e. The summed E-state index contributed by atoms with van der Waals surface area (Å²) in [6.07, 6.45) is 8.44. The molecule has 55 heavy (non-hydrogen) atoms. The van der Waals surface area contributed by atoms with Gasteiger partial charge in [0.2, 0.25) is 0 Å². The Kier molecular flexibility index (Phi) is 26.0. The Morgan fingerprint density at radius 2 is 1.29 bits per heavy atom. The van der Waals surface area contributed by atoms with Crippen LogP contribution in [0.5, 0.6) is 0 Å². The highest BCUT2D eigenvalue weighted by molar-refractivity contribution is 7.80. The van der Waals surface area contributed by atoms with Crippen LogP contribution in [0.4, 0.5) is 0 Å². The molecule has 0 aliphatic carbocycles. The van der Waals surface area contributed by atoms with Crippen molar-refractivity contribution in [3.05, 3.63) is 48.6 Å². The second-order valence-corrected chi connectivity index (χ2v) is 27.8. The molecule has 1 aliphatic rings. The lowest BCUT2D eigenvalue weighted by Crippen LogP contribution is -2.47. The molecule has 9 atom stereocenters. The van der Waals surface area contributed by atoms with Crippen molar-refractivity contribution in [1.82, 2.24) is 0 Å². The Balaban J connectivity index is 2.17. The maximum absolute atomic E-state index is 9.89. The Morgan fingerprint density at radius 3 is 1.80 bits per heavy atom. The number of aliphatic hydroxyl groups excluding tert-OH is 3. The minimum atomic E-state index is -2.72. The number of allylic oxidation sites excluding steroid dienone is 1. The van der Waals surface area contributed by atoms with E-state index in [2.05, 4.69) is 77.2 Å². The first kappa shape index (κ1) is 50.7. The van der Waals surface area contributed by atoms with Crippen molar-refractivity contribution < 1.29 is 41.9 Å². The first-order valence-corrected chi connectivity index (χ1v) is 28.5. The zero-order valence-electron chi connectivity index (χ0n) is 35.4. The summed E-state index contributed by atoms with van der Waals surface area (Å²) in [6, 6.07) is 14.9. The molecule has 1 heterocycles. The van der Waals surface area contributed by atoms with Crippen molar-refractivity contribution >= 4 is 38.3 Å². The second-order valence-electron chi connectivity index (χ2n) is 16.9. The van der Waals surface area contributed by atoms with E-state index in [1.165, 1.54) is 5.56 Å². The summed E-state index contributed by atoms with van der Waals surface area (Å²) in [5.74, 6) is 1.38. The fourth-order valence-corrected chi connectivity index (χ4v) is 18.4. The van der Waals surface area contributed by atoms with E-state index >= 15 is 0 Å². The maximum Gasteiger partial charge on any atom is 0.341 e. The average Bonchev–Trinajstić information content (AvgIpc) is 3.58. The third kappa shape index (κ3) is 19.5. The highest BCUT2D eigenvalue weighted by atomic mass is 32.1. The third-order valence-corrected chi connectivity index (χ3v) is 22.5. The number of thiol groups is 1. The third-order valence-electron chi connectivity index (χ3n) is 11.0. The lowest BCUT2D eigenvalue weighted by Gasteiger charge is -2.36. The summed E-state index contributed by atoms with van der Waals surface area (Å²) in [5.41, 5.74) is 1.78. The van der Waals surface area contributed by atoms with Gasteiger partial charge in [0.25, 0.3) is 0 Å². The van der Waals surface area contributed by atoms with Gasteiger partial charge in [-0.05, 0) is 98.3 Å². The number of unbranched alkanes of at least 4 members (excludes halogenated alkanes) is 1. The first-order chi connectivity index (χ1) is 26.4. The predicted molar refractivity (Wildman–Crippen MR) is 235 cm³/mol. The van der Waals surface area contributed by atoms with Gasteiger partial charge >= 0.3 is 25.7 Å². The molecule has 0 saturated carbocycles. The van der Waals surface area contributed by atoms with Crippen LogP contribution in [0, 0.1) is 29.6 Å². The summed E-state index contributed by atoms with van der Waals surface area (Å²) in [4.78, 5) is 0. The molecule has 1 aromatic rings. The van der Waals surface area contributed by atoms with Crippen LogP contribution in [0.1, 0.15) is 85.6 Å². The van der Waals surface area contributed by atoms with Crippen molar-refractivity contribution in [2.24, 2.45) is 29.6 Å². The molecule has 2 rings (SSSR count). The fourth-order valence-electron chi connectivity index (χ4n) is 6.80. The fraction of sp³-hybridized carbons (Fsp3) is 0.810. The van der Waals surface area contributed by atoms with Crippen molar-refractivity contribution in [1.29, 1.82) is 0 Å². The van der Waals surface area contributed by atoms with Gasteiger partial charge in [0.05, 0.1) is 0 Å². The Labute approximate surface area is 344 Å². The molecule has 9 nitrogen and oxygen atoms in total. The minimum Gasteiger partial charge on any atom is -0.396 e. The van der Waals surface area contributed by atoms with E-state index in [1.54, 1.807) is 0 Å². The monoisotopic (exact) mass is 844 g/mol. The molecule has 320 valence electrons. The first-order valence-electron chi connectivity index (χ1n) is 21.3. The molecule has 13 heteroatoms. The van der Waals surface area contributed by atoms with Crippen LogP contribution in [0.3, 0.4) is 0 Å². The van der Waals surface area contributed by atoms with Crippen molar-refractivity contribution in [3.63, 3.8) is 0 Å². The van der Waals surface area contributed by atoms with Gasteiger partial charge < -0.3 is 41.9 Å². The van der Waals surface area contributed by atoms with E-state index < -0.39 is 25.7 Å². The normalized spacial score (nSPS) is 22.4. The summed E-state index contributed by atoms with van der Waals surface area (Å²) >= 11 is 4.58. The Morgan fingerprint density at radius 1 is 0.764 bits per heavy atom. The standard InChI is InChI=1S/C42H80O9SSi3/c1-8-9-13-23-53(25-18-36(2)28-43,48-32-38(4)29-44)47-31-37(3)19-26-54(24-14-22-52,49-33-39(5)30-45)50-34-40(6)35-51-55(41(7)17-21-46-55)27-20-42-15-11-10-12-16-42/h8,10-12,15-16,36-41,43-45,52H,1,9,13-14,17-35H2,2-7H3. The predicted octanol–water partition coefficient (Wildman–Crippen LogP) is 8.67. The Hall–Kier alpha value is -0.399. The van der Waals surface area contributed by atoms with E-state index in [0.29, 0.717) is 38.6 Å². The number of benzene rings is 1. The van der Waals surface area contributed by atoms with E-state index in [0.717, 1.165) is 87.5 Å². The molecular formula is C42H80O9SSi3. The average molecular weight is 845 g/mol. The SMILES string of the molecule is C=CCCC[Si](CCC(C)CO)(OCC(C)CO)OCC(C)CC[Si](CCCS)(OCC(C)CO)OCC(C)CO[Si]1(CCc2ccccc2)OCCC1C. The van der Waals surface area contributed by atoms with Gasteiger partial charge in [-0.3, -0.25) is 0 Å². The van der Waals surface area contributed by atoms with Gasteiger partial charge in [-0.2, -0.15) is 12.6 Å². The molecule has 3 N–H and O–H groups in total. The van der Waals surface area contributed by atoms with Crippen LogP contribution < -0.4 is 0 Å². The van der Waals surface area contributed by atoms with Crippen molar-refractivity contribution in [2.75, 3.05) is 65.2 Å². The van der Waals surface area contributed by atoms with Crippen LogP contribution in [0.15, 0.2) is 43.0 Å². The zero-order valence-corrected chi connectivity index (χ0v) is 39.3. The number of aliphatic hydroxyl groups is 3. The van der Waals surface area contributed by atoms with Gasteiger partial charge in [0, 0.05) is 82.8 Å². The van der Waals surface area contributed by atoms with E-state index in [4.69, 9.17) is 26.6 Å². The molecule has 0 radical (unpaired) electrons. The van der Waals surface area contributed by atoms with Crippen LogP contribution in [-0.2, 0) is 33.0 Å². The van der Waals surface area contributed by atoms with E-state index in [-0.39, 0.29) is 49.4 Å². The zero-order chi connectivity index (χ0) is 40.6. The molecule has 0 spiro atoms. The van der Waals surface area contributed by atoms with E-state index in [1.807, 2.05) is 19.9 Å². The molecule has 0 aromatic heterocycles. The molecule has 9 unspecified atom stereocenters. The molecule has 1 aliphatic heterocycles. The van der Waals surface area contributed by atoms with Crippen LogP contribution in [0.25, 0.3) is 0 Å². The topological polar surface area (TPSA) is 116 Å². The highest BCUT2D eigenvalue weighted by Gasteiger charge is 2.48. The van der Waals surface area contributed by atoms with Gasteiger partial charge in [0.15, 0.2) is 0 Å². The van der Waals surface area contributed by atoms with Gasteiger partial charge in [-0.1, -0.05) is 78.0 Å². The van der Waals surface area contributed by atoms with Gasteiger partial charge in [-0.15, -0.1) is 6.58 Å². The minimum absolute atomic E-state index is 0.0198. The molecule has 0 bridgehead atoms. The molecule has 1 aromatic carbocycles. The lowest BCUT2D eigenvalue weighted by molar-refractivity contribution is 0.0908.